The molecule has 0 heterocycles. The molecule has 0 aliphatic rings. The van der Waals surface area contributed by atoms with Gasteiger partial charge in [-0.15, -0.1) is 0 Å². The van der Waals surface area contributed by atoms with E-state index in [0.29, 0.717) is 11.5 Å². The number of nitrogens with one attached hydrogen (secondary N) is 2. The van der Waals surface area contributed by atoms with Crippen molar-refractivity contribution in [2.24, 2.45) is 0 Å². The molecular weight excluding hydrogens is 380 g/mol. The van der Waals surface area contributed by atoms with Crippen LogP contribution < -0.4 is 20.3 Å². The van der Waals surface area contributed by atoms with E-state index in [4.69, 9.17) is 9.47 Å². The molecule has 3 rings (SSSR count). The average Bonchev–Trinajstić information content (AvgIpc) is 2.76. The van der Waals surface area contributed by atoms with Crippen molar-refractivity contribution in [1.82, 2.24) is 10.9 Å². The molecule has 0 aliphatic heterocycles. The Kier molecular flexibility index (Phi) is 6.91. The molecule has 3 aromatic carbocycles. The van der Waals surface area contributed by atoms with Crippen LogP contribution in [0.4, 0.5) is 0 Å². The number of rotatable bonds is 7. The molecule has 0 radical (unpaired) electrons. The average molecular weight is 406 g/mol. The normalized spacial score (nSPS) is 11.7. The number of carbonyl (C=O) groups is 2. The lowest BCUT2D eigenvalue weighted by molar-refractivity contribution is -0.133. The van der Waals surface area contributed by atoms with Crippen molar-refractivity contribution in [2.75, 3.05) is 6.61 Å². The molecule has 156 valence electrons. The molecule has 0 saturated carbocycles. The molecular formula is C24H26N2O4. The third-order valence-electron chi connectivity index (χ3n) is 4.63. The van der Waals surface area contributed by atoms with E-state index in [-0.39, 0.29) is 12.5 Å². The monoisotopic (exact) mass is 406 g/mol. The minimum absolute atomic E-state index is 0.204. The molecule has 0 aromatic heterocycles. The highest BCUT2D eigenvalue weighted by Crippen LogP contribution is 2.25. The highest BCUT2D eigenvalue weighted by atomic mass is 16.5. The van der Waals surface area contributed by atoms with E-state index in [1.54, 1.807) is 6.92 Å². The van der Waals surface area contributed by atoms with Gasteiger partial charge in [-0.3, -0.25) is 20.4 Å². The van der Waals surface area contributed by atoms with E-state index in [2.05, 4.69) is 24.7 Å². The standard InChI is InChI=1S/C24H26N2O4/c1-16(2)21-10-6-7-11-22(21)29-15-23(27)25-26-24(28)17(3)30-20-13-12-18-8-4-5-9-19(18)14-20/h4-14,16-17H,15H2,1-3H3,(H,25,27)(H,26,28)/t17-/m0/s1. The fraction of sp³-hybridized carbons (Fsp3) is 0.250. The molecule has 2 N–H and O–H groups in total. The van der Waals surface area contributed by atoms with Crippen molar-refractivity contribution in [2.45, 2.75) is 32.8 Å². The summed E-state index contributed by atoms with van der Waals surface area (Å²) in [6.45, 7) is 5.52. The molecule has 1 atom stereocenters. The van der Waals surface area contributed by atoms with E-state index in [0.717, 1.165) is 16.3 Å². The van der Waals surface area contributed by atoms with Crippen LogP contribution in [-0.2, 0) is 9.59 Å². The smallest absolute Gasteiger partial charge is 0.279 e. The highest BCUT2D eigenvalue weighted by Gasteiger charge is 2.16. The summed E-state index contributed by atoms with van der Waals surface area (Å²) in [5, 5.41) is 2.11. The van der Waals surface area contributed by atoms with Gasteiger partial charge in [0.25, 0.3) is 11.8 Å². The van der Waals surface area contributed by atoms with Crippen LogP contribution in [-0.4, -0.2) is 24.5 Å². The molecule has 3 aromatic rings. The summed E-state index contributed by atoms with van der Waals surface area (Å²) in [4.78, 5) is 24.3. The zero-order chi connectivity index (χ0) is 21.5. The van der Waals surface area contributed by atoms with Gasteiger partial charge in [0.15, 0.2) is 12.7 Å². The third kappa shape index (κ3) is 5.50. The van der Waals surface area contributed by atoms with E-state index >= 15 is 0 Å². The van der Waals surface area contributed by atoms with E-state index in [1.165, 1.54) is 0 Å². The van der Waals surface area contributed by atoms with Crippen LogP contribution in [0.5, 0.6) is 11.5 Å². The molecule has 6 heteroatoms. The number of ether oxygens (including phenoxy) is 2. The fourth-order valence-corrected chi connectivity index (χ4v) is 3.00. The van der Waals surface area contributed by atoms with Crippen molar-refractivity contribution in [1.29, 1.82) is 0 Å². The van der Waals surface area contributed by atoms with Gasteiger partial charge in [-0.1, -0.05) is 62.4 Å². The molecule has 2 amide bonds. The van der Waals surface area contributed by atoms with Crippen LogP contribution in [0.25, 0.3) is 10.8 Å². The van der Waals surface area contributed by atoms with Gasteiger partial charge in [0, 0.05) is 0 Å². The van der Waals surface area contributed by atoms with Gasteiger partial charge in [0.05, 0.1) is 0 Å². The maximum Gasteiger partial charge on any atom is 0.279 e. The Morgan fingerprint density at radius 2 is 1.57 bits per heavy atom. The fourth-order valence-electron chi connectivity index (χ4n) is 3.00. The number of amides is 2. The topological polar surface area (TPSA) is 76.7 Å². The Bertz CT molecular complexity index is 1030. The molecule has 0 fully saturated rings. The summed E-state index contributed by atoms with van der Waals surface area (Å²) in [6.07, 6.45) is -0.783. The minimum Gasteiger partial charge on any atom is -0.483 e. The third-order valence-corrected chi connectivity index (χ3v) is 4.63. The molecule has 0 spiro atoms. The van der Waals surface area contributed by atoms with Crippen molar-refractivity contribution in [3.63, 3.8) is 0 Å². The van der Waals surface area contributed by atoms with Crippen LogP contribution in [0, 0.1) is 0 Å². The van der Waals surface area contributed by atoms with Gasteiger partial charge >= 0.3 is 0 Å². The van der Waals surface area contributed by atoms with Gasteiger partial charge in [-0.25, -0.2) is 0 Å². The van der Waals surface area contributed by atoms with Gasteiger partial charge in [0.2, 0.25) is 0 Å². The van der Waals surface area contributed by atoms with Crippen molar-refractivity contribution >= 4 is 22.6 Å². The van der Waals surface area contributed by atoms with Crippen molar-refractivity contribution < 1.29 is 19.1 Å². The summed E-state index contributed by atoms with van der Waals surface area (Å²) in [5.74, 6) is 0.592. The zero-order valence-corrected chi connectivity index (χ0v) is 17.3. The second kappa shape index (κ2) is 9.78. The Hall–Kier alpha value is -3.54. The molecule has 0 saturated heterocycles. The van der Waals surface area contributed by atoms with Crippen LogP contribution in [0.1, 0.15) is 32.3 Å². The summed E-state index contributed by atoms with van der Waals surface area (Å²) in [7, 11) is 0. The second-order valence-electron chi connectivity index (χ2n) is 7.29. The first kappa shape index (κ1) is 21.2. The van der Waals surface area contributed by atoms with Crippen LogP contribution in [0.2, 0.25) is 0 Å². The molecule has 6 nitrogen and oxygen atoms in total. The molecule has 0 unspecified atom stereocenters. The van der Waals surface area contributed by atoms with Gasteiger partial charge in [0.1, 0.15) is 11.5 Å². The maximum absolute atomic E-state index is 12.2. The van der Waals surface area contributed by atoms with E-state index in [1.807, 2.05) is 66.7 Å². The molecule has 30 heavy (non-hydrogen) atoms. The van der Waals surface area contributed by atoms with Gasteiger partial charge < -0.3 is 9.47 Å². The minimum atomic E-state index is -0.783. The maximum atomic E-state index is 12.2. The summed E-state index contributed by atoms with van der Waals surface area (Å²) < 4.78 is 11.3. The largest absolute Gasteiger partial charge is 0.483 e. The van der Waals surface area contributed by atoms with Gasteiger partial charge in [-0.05, 0) is 47.4 Å². The van der Waals surface area contributed by atoms with E-state index in [9.17, 15) is 9.59 Å². The van der Waals surface area contributed by atoms with E-state index < -0.39 is 17.9 Å². The number of hydrogen-bond acceptors (Lipinski definition) is 4. The first-order valence-electron chi connectivity index (χ1n) is 9.90. The van der Waals surface area contributed by atoms with Crippen molar-refractivity contribution in [3.05, 3.63) is 72.3 Å². The van der Waals surface area contributed by atoms with Crippen LogP contribution in [0.15, 0.2) is 66.7 Å². The summed E-state index contributed by atoms with van der Waals surface area (Å²) in [6, 6.07) is 21.1. The number of carbonyl (C=O) groups excluding carboxylic acids is 2. The molecule has 0 aliphatic carbocycles. The SMILES string of the molecule is CC(C)c1ccccc1OCC(=O)NNC(=O)[C@H](C)Oc1ccc2ccccc2c1. The Morgan fingerprint density at radius 3 is 2.33 bits per heavy atom. The predicted molar refractivity (Wildman–Crippen MR) is 116 cm³/mol. The number of hydrazine groups is 1. The summed E-state index contributed by atoms with van der Waals surface area (Å²) >= 11 is 0. The lowest BCUT2D eigenvalue weighted by Gasteiger charge is -2.16. The first-order valence-corrected chi connectivity index (χ1v) is 9.90. The Morgan fingerprint density at radius 1 is 0.867 bits per heavy atom. The quantitative estimate of drug-likeness (QED) is 0.583. The summed E-state index contributed by atoms with van der Waals surface area (Å²) in [5.41, 5.74) is 5.74. The Labute approximate surface area is 176 Å². The number of para-hydroxylation sites is 1. The molecule has 0 bridgehead atoms. The highest BCUT2D eigenvalue weighted by molar-refractivity contribution is 5.86. The zero-order valence-electron chi connectivity index (χ0n) is 17.3. The predicted octanol–water partition coefficient (Wildman–Crippen LogP) is 3.96. The van der Waals surface area contributed by atoms with Crippen LogP contribution in [0.3, 0.4) is 0 Å². The number of benzene rings is 3. The number of fused-ring (bicyclic) bond motifs is 1. The lowest BCUT2D eigenvalue weighted by Crippen LogP contribution is -2.48. The first-order chi connectivity index (χ1) is 14.4. The lowest BCUT2D eigenvalue weighted by atomic mass is 10.0. The Balaban J connectivity index is 1.47. The number of hydrogen-bond donors (Lipinski definition) is 2. The van der Waals surface area contributed by atoms with Crippen LogP contribution >= 0.6 is 0 Å². The second-order valence-corrected chi connectivity index (χ2v) is 7.29. The van der Waals surface area contributed by atoms with Gasteiger partial charge in [-0.2, -0.15) is 0 Å². The van der Waals surface area contributed by atoms with Crippen molar-refractivity contribution in [3.8, 4) is 11.5 Å².